The summed E-state index contributed by atoms with van der Waals surface area (Å²) in [4.78, 5) is 11.7. The molecule has 0 saturated heterocycles. The van der Waals surface area contributed by atoms with Gasteiger partial charge in [-0.3, -0.25) is 4.79 Å². The molecule has 0 aromatic carbocycles. The largest absolute Gasteiger partial charge is 0.467 e. The average molecular weight is 264 g/mol. The molecule has 2 rings (SSSR count). The molecule has 1 aliphatic carbocycles. The Morgan fingerprint density at radius 2 is 2.26 bits per heavy atom. The van der Waals surface area contributed by atoms with Crippen molar-refractivity contribution in [2.75, 3.05) is 6.54 Å². The van der Waals surface area contributed by atoms with Crippen LogP contribution in [0.1, 0.15) is 39.4 Å². The van der Waals surface area contributed by atoms with Gasteiger partial charge in [-0.05, 0) is 36.3 Å². The number of furan rings is 1. The van der Waals surface area contributed by atoms with Crippen molar-refractivity contribution in [2.45, 2.75) is 46.2 Å². The van der Waals surface area contributed by atoms with E-state index in [1.165, 1.54) is 6.42 Å². The van der Waals surface area contributed by atoms with Crippen LogP contribution in [0.15, 0.2) is 22.8 Å². The van der Waals surface area contributed by atoms with Crippen LogP contribution in [-0.2, 0) is 11.3 Å². The van der Waals surface area contributed by atoms with Gasteiger partial charge in [-0.25, -0.2) is 0 Å². The van der Waals surface area contributed by atoms with Crippen LogP contribution in [0.3, 0.4) is 0 Å². The lowest BCUT2D eigenvalue weighted by molar-refractivity contribution is -0.120. The molecule has 1 heterocycles. The monoisotopic (exact) mass is 264 g/mol. The molecule has 0 aliphatic heterocycles. The minimum absolute atomic E-state index is 0.0216. The second-order valence-electron chi connectivity index (χ2n) is 6.39. The maximum absolute atomic E-state index is 11.7. The highest BCUT2D eigenvalue weighted by atomic mass is 16.3. The molecule has 106 valence electrons. The molecule has 4 heteroatoms. The van der Waals surface area contributed by atoms with E-state index in [4.69, 9.17) is 4.42 Å². The first-order chi connectivity index (χ1) is 8.96. The molecule has 0 spiro atoms. The number of carbonyl (C=O) groups excluding carboxylic acids is 1. The van der Waals surface area contributed by atoms with Crippen molar-refractivity contribution >= 4 is 5.91 Å². The minimum Gasteiger partial charge on any atom is -0.467 e. The lowest BCUT2D eigenvalue weighted by Crippen LogP contribution is -2.40. The molecule has 1 aromatic rings. The highest BCUT2D eigenvalue weighted by molar-refractivity contribution is 5.77. The van der Waals surface area contributed by atoms with Gasteiger partial charge in [0, 0.05) is 6.04 Å². The predicted molar refractivity (Wildman–Crippen MR) is 74.5 cm³/mol. The van der Waals surface area contributed by atoms with Gasteiger partial charge in [-0.15, -0.1) is 0 Å². The normalized spacial score (nSPS) is 25.4. The molecule has 1 amide bonds. The van der Waals surface area contributed by atoms with Crippen LogP contribution in [-0.4, -0.2) is 18.5 Å². The number of nitrogens with one attached hydrogen (secondary N) is 2. The Balaban J connectivity index is 1.69. The Morgan fingerprint density at radius 1 is 1.47 bits per heavy atom. The zero-order valence-corrected chi connectivity index (χ0v) is 12.0. The second-order valence-corrected chi connectivity index (χ2v) is 6.39. The Kier molecular flexibility index (Phi) is 4.30. The molecular formula is C15H24N2O2. The van der Waals surface area contributed by atoms with Crippen molar-refractivity contribution in [3.63, 3.8) is 0 Å². The van der Waals surface area contributed by atoms with Gasteiger partial charge in [0.1, 0.15) is 5.76 Å². The highest BCUT2D eigenvalue weighted by Crippen LogP contribution is 2.40. The summed E-state index contributed by atoms with van der Waals surface area (Å²) in [6.45, 7) is 7.68. The molecule has 1 aromatic heterocycles. The number of hydrogen-bond acceptors (Lipinski definition) is 3. The zero-order valence-electron chi connectivity index (χ0n) is 12.0. The fourth-order valence-corrected chi connectivity index (χ4v) is 3.05. The van der Waals surface area contributed by atoms with E-state index in [2.05, 4.69) is 31.4 Å². The van der Waals surface area contributed by atoms with Gasteiger partial charge in [0.2, 0.25) is 5.91 Å². The smallest absolute Gasteiger partial charge is 0.234 e. The molecule has 1 aliphatic rings. The van der Waals surface area contributed by atoms with Crippen molar-refractivity contribution in [1.29, 1.82) is 0 Å². The quantitative estimate of drug-likeness (QED) is 0.858. The van der Waals surface area contributed by atoms with Gasteiger partial charge < -0.3 is 15.1 Å². The van der Waals surface area contributed by atoms with Crippen LogP contribution in [0.25, 0.3) is 0 Å². The van der Waals surface area contributed by atoms with E-state index >= 15 is 0 Å². The van der Waals surface area contributed by atoms with E-state index in [9.17, 15) is 4.79 Å². The molecule has 4 nitrogen and oxygen atoms in total. The Morgan fingerprint density at radius 3 is 2.84 bits per heavy atom. The summed E-state index contributed by atoms with van der Waals surface area (Å²) in [5.41, 5.74) is 0.391. The predicted octanol–water partition coefficient (Wildman–Crippen LogP) is 2.31. The molecule has 2 N–H and O–H groups in total. The van der Waals surface area contributed by atoms with Crippen molar-refractivity contribution in [3.05, 3.63) is 24.2 Å². The number of hydrogen-bond donors (Lipinski definition) is 2. The van der Waals surface area contributed by atoms with Crippen LogP contribution in [0.4, 0.5) is 0 Å². The second kappa shape index (κ2) is 5.78. The van der Waals surface area contributed by atoms with E-state index in [1.807, 2.05) is 12.1 Å². The van der Waals surface area contributed by atoms with Crippen molar-refractivity contribution in [2.24, 2.45) is 11.3 Å². The standard InChI is InChI=1S/C15H24N2O2/c1-11-7-15(2,3)8-13(11)16-10-14(18)17-9-12-5-4-6-19-12/h4-6,11,13,16H,7-10H2,1-3H3,(H,17,18). The Hall–Kier alpha value is -1.29. The molecule has 0 radical (unpaired) electrons. The van der Waals surface area contributed by atoms with Gasteiger partial charge in [-0.1, -0.05) is 20.8 Å². The molecule has 19 heavy (non-hydrogen) atoms. The molecule has 2 atom stereocenters. The number of carbonyl (C=O) groups is 1. The van der Waals surface area contributed by atoms with Gasteiger partial charge in [0.05, 0.1) is 19.4 Å². The summed E-state index contributed by atoms with van der Waals surface area (Å²) in [5.74, 6) is 1.44. The van der Waals surface area contributed by atoms with Crippen molar-refractivity contribution in [1.82, 2.24) is 10.6 Å². The van der Waals surface area contributed by atoms with Gasteiger partial charge >= 0.3 is 0 Å². The zero-order chi connectivity index (χ0) is 13.9. The van der Waals surface area contributed by atoms with E-state index in [0.29, 0.717) is 30.5 Å². The minimum atomic E-state index is 0.0216. The summed E-state index contributed by atoms with van der Waals surface area (Å²) in [5, 5.41) is 6.22. The molecule has 2 unspecified atom stereocenters. The van der Waals surface area contributed by atoms with Crippen LogP contribution in [0.5, 0.6) is 0 Å². The van der Waals surface area contributed by atoms with E-state index in [1.54, 1.807) is 6.26 Å². The SMILES string of the molecule is CC1CC(C)(C)CC1NCC(=O)NCc1ccco1. The fourth-order valence-electron chi connectivity index (χ4n) is 3.05. The van der Waals surface area contributed by atoms with Crippen molar-refractivity contribution < 1.29 is 9.21 Å². The summed E-state index contributed by atoms with van der Waals surface area (Å²) < 4.78 is 5.17. The maximum atomic E-state index is 11.7. The average Bonchev–Trinajstić information content (AvgIpc) is 2.91. The first-order valence-electron chi connectivity index (χ1n) is 6.99. The van der Waals surface area contributed by atoms with Crippen LogP contribution in [0, 0.1) is 11.3 Å². The fraction of sp³-hybridized carbons (Fsp3) is 0.667. The highest BCUT2D eigenvalue weighted by Gasteiger charge is 2.36. The van der Waals surface area contributed by atoms with E-state index in [0.717, 1.165) is 12.2 Å². The van der Waals surface area contributed by atoms with Crippen molar-refractivity contribution in [3.8, 4) is 0 Å². The first kappa shape index (κ1) is 14.1. The summed E-state index contributed by atoms with van der Waals surface area (Å²) in [6, 6.07) is 4.13. The Labute approximate surface area is 114 Å². The van der Waals surface area contributed by atoms with Crippen LogP contribution in [0.2, 0.25) is 0 Å². The van der Waals surface area contributed by atoms with Gasteiger partial charge in [0.25, 0.3) is 0 Å². The third-order valence-corrected chi connectivity index (χ3v) is 3.90. The third-order valence-electron chi connectivity index (χ3n) is 3.90. The summed E-state index contributed by atoms with van der Waals surface area (Å²) >= 11 is 0. The molecular weight excluding hydrogens is 240 g/mol. The first-order valence-corrected chi connectivity index (χ1v) is 6.99. The van der Waals surface area contributed by atoms with Crippen LogP contribution < -0.4 is 10.6 Å². The maximum Gasteiger partial charge on any atom is 0.234 e. The number of rotatable bonds is 5. The lowest BCUT2D eigenvalue weighted by Gasteiger charge is -2.18. The van der Waals surface area contributed by atoms with Gasteiger partial charge in [-0.2, -0.15) is 0 Å². The number of amides is 1. The van der Waals surface area contributed by atoms with E-state index < -0.39 is 0 Å². The lowest BCUT2D eigenvalue weighted by atomic mass is 9.91. The molecule has 1 fully saturated rings. The molecule has 0 bridgehead atoms. The molecule has 1 saturated carbocycles. The topological polar surface area (TPSA) is 54.3 Å². The summed E-state index contributed by atoms with van der Waals surface area (Å²) in [7, 11) is 0. The van der Waals surface area contributed by atoms with Crippen LogP contribution >= 0.6 is 0 Å². The van der Waals surface area contributed by atoms with E-state index in [-0.39, 0.29) is 5.91 Å². The summed E-state index contributed by atoms with van der Waals surface area (Å²) in [6.07, 6.45) is 3.97. The third kappa shape index (κ3) is 4.10. The van der Waals surface area contributed by atoms with Gasteiger partial charge in [0.15, 0.2) is 0 Å². The Bertz CT molecular complexity index is 412.